The van der Waals surface area contributed by atoms with Crippen molar-refractivity contribution >= 4 is 22.3 Å². The third kappa shape index (κ3) is 3.02. The molecule has 1 heterocycles. The second-order valence-electron chi connectivity index (χ2n) is 5.21. The maximum atomic E-state index is 13.7. The molecule has 2 N–H and O–H groups in total. The quantitative estimate of drug-likeness (QED) is 0.554. The van der Waals surface area contributed by atoms with E-state index in [4.69, 9.17) is 0 Å². The van der Waals surface area contributed by atoms with Crippen molar-refractivity contribution in [3.63, 3.8) is 0 Å². The number of halogens is 1. The van der Waals surface area contributed by atoms with Crippen LogP contribution in [-0.2, 0) is 0 Å². The van der Waals surface area contributed by atoms with Crippen LogP contribution in [0.1, 0.15) is 11.7 Å². The van der Waals surface area contributed by atoms with Crippen LogP contribution in [0.3, 0.4) is 0 Å². The average molecular weight is 327 g/mol. The maximum absolute atomic E-state index is 13.7. The van der Waals surface area contributed by atoms with Gasteiger partial charge in [-0.15, -0.1) is 0 Å². The van der Waals surface area contributed by atoms with Crippen molar-refractivity contribution in [3.05, 3.63) is 76.2 Å². The molecule has 7 heteroatoms. The Hall–Kier alpha value is -3.06. The number of pyridine rings is 1. The molecule has 0 fully saturated rings. The highest BCUT2D eigenvalue weighted by atomic mass is 19.1. The maximum Gasteiger partial charge on any atom is 0.278 e. The molecule has 0 bridgehead atoms. The monoisotopic (exact) mass is 327 g/mol. The fourth-order valence-electron chi connectivity index (χ4n) is 2.52. The number of benzene rings is 2. The van der Waals surface area contributed by atoms with Crippen molar-refractivity contribution in [2.24, 2.45) is 0 Å². The van der Waals surface area contributed by atoms with Gasteiger partial charge in [-0.05, 0) is 24.3 Å². The molecule has 0 radical (unpaired) electrons. The number of anilines is 1. The number of aliphatic hydroxyl groups is 1. The Morgan fingerprint density at radius 1 is 1.21 bits per heavy atom. The van der Waals surface area contributed by atoms with Crippen LogP contribution in [0.5, 0.6) is 0 Å². The smallest absolute Gasteiger partial charge is 0.278 e. The number of nitro groups is 1. The van der Waals surface area contributed by atoms with E-state index in [-0.39, 0.29) is 17.8 Å². The molecule has 2 aromatic carbocycles. The van der Waals surface area contributed by atoms with Crippen LogP contribution in [0.25, 0.3) is 10.9 Å². The summed E-state index contributed by atoms with van der Waals surface area (Å²) in [5.74, 6) is -0.488. The molecular formula is C17H14FN3O3. The van der Waals surface area contributed by atoms with E-state index >= 15 is 0 Å². The topological polar surface area (TPSA) is 88.3 Å². The third-order valence-electron chi connectivity index (χ3n) is 3.69. The molecule has 0 aliphatic heterocycles. The Morgan fingerprint density at radius 3 is 2.75 bits per heavy atom. The van der Waals surface area contributed by atoms with Crippen LogP contribution in [0.2, 0.25) is 0 Å². The first-order valence-corrected chi connectivity index (χ1v) is 7.26. The number of fused-ring (bicyclic) bond motifs is 1. The van der Waals surface area contributed by atoms with Crippen molar-refractivity contribution in [1.82, 2.24) is 4.98 Å². The number of nitro benzene ring substituents is 1. The van der Waals surface area contributed by atoms with Gasteiger partial charge < -0.3 is 10.4 Å². The van der Waals surface area contributed by atoms with Crippen LogP contribution in [0.4, 0.5) is 15.8 Å². The molecule has 1 unspecified atom stereocenters. The highest BCUT2D eigenvalue weighted by Crippen LogP contribution is 2.30. The van der Waals surface area contributed by atoms with Gasteiger partial charge in [-0.2, -0.15) is 0 Å². The summed E-state index contributed by atoms with van der Waals surface area (Å²) >= 11 is 0. The Labute approximate surface area is 136 Å². The minimum Gasteiger partial charge on any atom is -0.386 e. The highest BCUT2D eigenvalue weighted by Gasteiger charge is 2.16. The molecule has 6 nitrogen and oxygen atoms in total. The number of nitrogens with zero attached hydrogens (tertiary/aromatic N) is 2. The van der Waals surface area contributed by atoms with E-state index in [1.54, 1.807) is 24.3 Å². The molecule has 0 saturated heterocycles. The first-order chi connectivity index (χ1) is 11.6. The van der Waals surface area contributed by atoms with E-state index in [9.17, 15) is 19.6 Å². The molecular weight excluding hydrogens is 313 g/mol. The van der Waals surface area contributed by atoms with Gasteiger partial charge in [0.05, 0.1) is 22.1 Å². The lowest BCUT2D eigenvalue weighted by Gasteiger charge is -2.15. The van der Waals surface area contributed by atoms with Gasteiger partial charge in [0.15, 0.2) is 0 Å². The molecule has 122 valence electrons. The van der Waals surface area contributed by atoms with Crippen LogP contribution in [0.15, 0.2) is 54.7 Å². The number of non-ortho nitro benzene ring substituents is 1. The van der Waals surface area contributed by atoms with Gasteiger partial charge in [0.1, 0.15) is 11.3 Å². The van der Waals surface area contributed by atoms with Gasteiger partial charge in [0.25, 0.3) is 5.69 Å². The molecule has 0 amide bonds. The first-order valence-electron chi connectivity index (χ1n) is 7.26. The predicted octanol–water partition coefficient (Wildman–Crippen LogP) is 3.43. The number of nitrogens with one attached hydrogen (secondary N) is 1. The van der Waals surface area contributed by atoms with Gasteiger partial charge in [0, 0.05) is 24.4 Å². The van der Waals surface area contributed by atoms with Gasteiger partial charge in [-0.3, -0.25) is 15.1 Å². The second kappa shape index (κ2) is 6.59. The van der Waals surface area contributed by atoms with E-state index in [1.165, 1.54) is 30.5 Å². The molecule has 0 aliphatic rings. The van der Waals surface area contributed by atoms with Crippen LogP contribution in [-0.4, -0.2) is 21.6 Å². The minimum absolute atomic E-state index is 0.0432. The number of hydrogen-bond acceptors (Lipinski definition) is 5. The summed E-state index contributed by atoms with van der Waals surface area (Å²) in [6.07, 6.45) is 0.477. The van der Waals surface area contributed by atoms with Crippen molar-refractivity contribution in [1.29, 1.82) is 0 Å². The van der Waals surface area contributed by atoms with Gasteiger partial charge >= 0.3 is 0 Å². The second-order valence-corrected chi connectivity index (χ2v) is 5.21. The predicted molar refractivity (Wildman–Crippen MR) is 88.2 cm³/mol. The number of rotatable bonds is 5. The molecule has 0 saturated carbocycles. The number of hydrogen-bond donors (Lipinski definition) is 2. The molecule has 24 heavy (non-hydrogen) atoms. The highest BCUT2D eigenvalue weighted by molar-refractivity contribution is 5.96. The average Bonchev–Trinajstić information content (AvgIpc) is 2.59. The fourth-order valence-corrected chi connectivity index (χ4v) is 2.52. The van der Waals surface area contributed by atoms with E-state index in [2.05, 4.69) is 10.3 Å². The van der Waals surface area contributed by atoms with Crippen LogP contribution >= 0.6 is 0 Å². The molecule has 1 atom stereocenters. The largest absolute Gasteiger partial charge is 0.386 e. The van der Waals surface area contributed by atoms with E-state index in [0.29, 0.717) is 16.6 Å². The Morgan fingerprint density at radius 2 is 2.00 bits per heavy atom. The summed E-state index contributed by atoms with van der Waals surface area (Å²) in [5.41, 5.74) is 1.10. The van der Waals surface area contributed by atoms with E-state index in [1.807, 2.05) is 0 Å². The summed E-state index contributed by atoms with van der Waals surface area (Å²) in [6, 6.07) is 12.1. The lowest BCUT2D eigenvalue weighted by molar-refractivity contribution is -0.383. The molecule has 0 spiro atoms. The summed E-state index contributed by atoms with van der Waals surface area (Å²) in [6.45, 7) is 0.0461. The van der Waals surface area contributed by atoms with E-state index < -0.39 is 16.8 Å². The Kier molecular flexibility index (Phi) is 4.35. The van der Waals surface area contributed by atoms with Crippen molar-refractivity contribution < 1.29 is 14.4 Å². The zero-order valence-corrected chi connectivity index (χ0v) is 12.5. The van der Waals surface area contributed by atoms with Gasteiger partial charge in [-0.1, -0.05) is 18.2 Å². The Balaban J connectivity index is 1.87. The Bertz CT molecular complexity index is 901. The van der Waals surface area contributed by atoms with E-state index in [0.717, 1.165) is 0 Å². The summed E-state index contributed by atoms with van der Waals surface area (Å²) in [5, 5.41) is 24.6. The van der Waals surface area contributed by atoms with Crippen LogP contribution < -0.4 is 5.32 Å². The number of aliphatic hydroxyl groups excluding tert-OH is 1. The zero-order valence-electron chi connectivity index (χ0n) is 12.5. The lowest BCUT2D eigenvalue weighted by Crippen LogP contribution is -2.14. The summed E-state index contributed by atoms with van der Waals surface area (Å²) < 4.78 is 13.7. The number of aromatic nitrogens is 1. The standard InChI is InChI=1S/C17H14FN3O3/c18-13-6-2-1-4-11(13)16(22)10-20-14-7-8-15(21(23)24)12-5-3-9-19-17(12)14/h1-9,16,20,22H,10H2. The molecule has 3 aromatic rings. The normalized spacial score (nSPS) is 12.1. The SMILES string of the molecule is O=[N+]([O-])c1ccc(NCC(O)c2ccccc2F)c2ncccc12. The lowest BCUT2D eigenvalue weighted by atomic mass is 10.1. The molecule has 1 aromatic heterocycles. The van der Waals surface area contributed by atoms with Crippen molar-refractivity contribution in [3.8, 4) is 0 Å². The summed E-state index contributed by atoms with van der Waals surface area (Å²) in [4.78, 5) is 14.8. The van der Waals surface area contributed by atoms with Gasteiger partial charge in [-0.25, -0.2) is 4.39 Å². The fraction of sp³-hybridized carbons (Fsp3) is 0.118. The van der Waals surface area contributed by atoms with Crippen molar-refractivity contribution in [2.45, 2.75) is 6.10 Å². The minimum atomic E-state index is -1.06. The molecule has 3 rings (SSSR count). The van der Waals surface area contributed by atoms with Crippen LogP contribution in [0, 0.1) is 15.9 Å². The van der Waals surface area contributed by atoms with Gasteiger partial charge in [0.2, 0.25) is 0 Å². The third-order valence-corrected chi connectivity index (χ3v) is 3.69. The molecule has 0 aliphatic carbocycles. The zero-order chi connectivity index (χ0) is 17.1. The summed E-state index contributed by atoms with van der Waals surface area (Å²) in [7, 11) is 0. The first kappa shape index (κ1) is 15.8. The van der Waals surface area contributed by atoms with Crippen molar-refractivity contribution in [2.75, 3.05) is 11.9 Å².